The number of ether oxygens (including phenoxy) is 1. The lowest BCUT2D eigenvalue weighted by Crippen LogP contribution is -2.39. The van der Waals surface area contributed by atoms with Gasteiger partial charge in [-0.3, -0.25) is 9.88 Å². The van der Waals surface area contributed by atoms with E-state index in [9.17, 15) is 13.2 Å². The van der Waals surface area contributed by atoms with Gasteiger partial charge in [-0.15, -0.1) is 0 Å². The zero-order valence-electron chi connectivity index (χ0n) is 18.3. The lowest BCUT2D eigenvalue weighted by Gasteiger charge is -2.32. The standard InChI is InChI=1S/C24H29F3N4O/c1-14-20(24(25,26)27)9-16(10-28-14)21-13-31(22(29-21)8-15-2-3-15)23-18-11-30(12-19(18)23)17-4-6-32-7-5-17/h9-10,13,15,17-19,23H,2-8,11-12H2,1H3/t18-,19+,23+. The summed E-state index contributed by atoms with van der Waals surface area (Å²) >= 11 is 0. The van der Waals surface area contributed by atoms with Crippen LogP contribution in [-0.4, -0.2) is 51.8 Å². The van der Waals surface area contributed by atoms with Gasteiger partial charge < -0.3 is 9.30 Å². The van der Waals surface area contributed by atoms with Crippen molar-refractivity contribution in [1.29, 1.82) is 0 Å². The van der Waals surface area contributed by atoms with Crippen LogP contribution in [-0.2, 0) is 17.3 Å². The monoisotopic (exact) mass is 446 g/mol. The molecule has 2 aliphatic carbocycles. The van der Waals surface area contributed by atoms with Crippen LogP contribution in [0.25, 0.3) is 11.3 Å². The zero-order chi connectivity index (χ0) is 22.0. The fourth-order valence-corrected chi connectivity index (χ4v) is 5.81. The first-order valence-corrected chi connectivity index (χ1v) is 11.8. The van der Waals surface area contributed by atoms with Gasteiger partial charge in [0, 0.05) is 68.5 Å². The summed E-state index contributed by atoms with van der Waals surface area (Å²) in [5.74, 6) is 2.95. The van der Waals surface area contributed by atoms with Crippen molar-refractivity contribution in [2.45, 2.75) is 57.3 Å². The molecule has 0 unspecified atom stereocenters. The number of rotatable bonds is 5. The van der Waals surface area contributed by atoms with Gasteiger partial charge in [-0.1, -0.05) is 0 Å². The molecule has 0 bridgehead atoms. The Labute approximate surface area is 186 Å². The number of likely N-dealkylation sites (tertiary alicyclic amines) is 1. The van der Waals surface area contributed by atoms with Crippen molar-refractivity contribution < 1.29 is 17.9 Å². The van der Waals surface area contributed by atoms with Gasteiger partial charge >= 0.3 is 6.18 Å². The summed E-state index contributed by atoms with van der Waals surface area (Å²) in [7, 11) is 0. The Balaban J connectivity index is 1.25. The molecule has 0 amide bonds. The largest absolute Gasteiger partial charge is 0.418 e. The summed E-state index contributed by atoms with van der Waals surface area (Å²) in [5.41, 5.74) is 0.394. The van der Waals surface area contributed by atoms with Crippen LogP contribution in [0.2, 0.25) is 0 Å². The molecule has 8 heteroatoms. The second-order valence-electron chi connectivity index (χ2n) is 10.1. The maximum atomic E-state index is 13.4. The molecular weight excluding hydrogens is 417 g/mol. The molecule has 2 aromatic rings. The molecule has 4 aliphatic rings. The normalized spacial score (nSPS) is 28.8. The van der Waals surface area contributed by atoms with Gasteiger partial charge in [0.2, 0.25) is 0 Å². The van der Waals surface area contributed by atoms with E-state index >= 15 is 0 Å². The molecular formula is C24H29F3N4O. The topological polar surface area (TPSA) is 43.2 Å². The molecule has 4 heterocycles. The predicted octanol–water partition coefficient (Wildman–Crippen LogP) is 4.51. The number of pyridine rings is 1. The van der Waals surface area contributed by atoms with E-state index in [1.165, 1.54) is 32.0 Å². The third-order valence-corrected chi connectivity index (χ3v) is 7.87. The summed E-state index contributed by atoms with van der Waals surface area (Å²) in [6.45, 7) is 5.35. The van der Waals surface area contributed by atoms with Crippen molar-refractivity contribution in [3.8, 4) is 11.3 Å². The molecule has 32 heavy (non-hydrogen) atoms. The van der Waals surface area contributed by atoms with Crippen LogP contribution in [0.5, 0.6) is 0 Å². The molecule has 5 nitrogen and oxygen atoms in total. The van der Waals surface area contributed by atoms with Crippen molar-refractivity contribution in [1.82, 2.24) is 19.4 Å². The van der Waals surface area contributed by atoms with Gasteiger partial charge in [0.25, 0.3) is 0 Å². The van der Waals surface area contributed by atoms with Crippen molar-refractivity contribution >= 4 is 0 Å². The van der Waals surface area contributed by atoms with Crippen LogP contribution in [0.4, 0.5) is 13.2 Å². The first kappa shape index (κ1) is 20.7. The van der Waals surface area contributed by atoms with Gasteiger partial charge in [-0.25, -0.2) is 4.98 Å². The molecule has 2 saturated heterocycles. The number of piperidine rings is 1. The van der Waals surface area contributed by atoms with Crippen LogP contribution < -0.4 is 0 Å². The number of imidazole rings is 1. The predicted molar refractivity (Wildman–Crippen MR) is 113 cm³/mol. The Bertz CT molecular complexity index is 997. The van der Waals surface area contributed by atoms with E-state index in [4.69, 9.17) is 9.72 Å². The molecule has 3 atom stereocenters. The van der Waals surface area contributed by atoms with Crippen LogP contribution in [0, 0.1) is 24.7 Å². The van der Waals surface area contributed by atoms with E-state index in [0.717, 1.165) is 51.4 Å². The average molecular weight is 447 g/mol. The summed E-state index contributed by atoms with van der Waals surface area (Å²) < 4.78 is 48.1. The molecule has 0 aromatic carbocycles. The Morgan fingerprint density at radius 2 is 1.81 bits per heavy atom. The molecule has 6 rings (SSSR count). The van der Waals surface area contributed by atoms with Gasteiger partial charge in [0.1, 0.15) is 5.82 Å². The third kappa shape index (κ3) is 3.75. The number of halogens is 3. The fourth-order valence-electron chi connectivity index (χ4n) is 5.81. The molecule has 0 N–H and O–H groups in total. The van der Waals surface area contributed by atoms with Gasteiger partial charge in [-0.2, -0.15) is 13.2 Å². The molecule has 2 saturated carbocycles. The number of aromatic nitrogens is 3. The number of nitrogens with zero attached hydrogens (tertiary/aromatic N) is 4. The van der Waals surface area contributed by atoms with Crippen LogP contribution in [0.15, 0.2) is 18.5 Å². The van der Waals surface area contributed by atoms with Gasteiger partial charge in [0.05, 0.1) is 11.3 Å². The molecule has 0 spiro atoms. The SMILES string of the molecule is Cc1ncc(-c2cn([C@H]3[C@@H]4CN(C5CCOCC5)C[C@@H]43)c(CC3CC3)n2)cc1C(F)(F)F. The minimum absolute atomic E-state index is 0.00353. The Hall–Kier alpha value is -1.93. The van der Waals surface area contributed by atoms with Gasteiger partial charge in [0.15, 0.2) is 0 Å². The number of hydrogen-bond acceptors (Lipinski definition) is 4. The number of aryl methyl sites for hydroxylation is 1. The highest BCUT2D eigenvalue weighted by Gasteiger charge is 2.58. The van der Waals surface area contributed by atoms with Crippen LogP contribution in [0.1, 0.15) is 48.8 Å². The van der Waals surface area contributed by atoms with E-state index in [0.29, 0.717) is 41.1 Å². The number of hydrogen-bond donors (Lipinski definition) is 0. The molecule has 4 fully saturated rings. The second kappa shape index (κ2) is 7.55. The van der Waals surface area contributed by atoms with E-state index in [-0.39, 0.29) is 5.69 Å². The first-order chi connectivity index (χ1) is 15.4. The maximum Gasteiger partial charge on any atom is 0.418 e. The molecule has 172 valence electrons. The van der Waals surface area contributed by atoms with E-state index < -0.39 is 11.7 Å². The summed E-state index contributed by atoms with van der Waals surface area (Å²) in [6.07, 6.45) is 4.72. The fraction of sp³-hybridized carbons (Fsp3) is 0.667. The third-order valence-electron chi connectivity index (χ3n) is 7.87. The van der Waals surface area contributed by atoms with E-state index in [1.807, 2.05) is 6.20 Å². The quantitative estimate of drug-likeness (QED) is 0.678. The molecule has 2 aromatic heterocycles. The van der Waals surface area contributed by atoms with Crippen molar-refractivity contribution in [3.63, 3.8) is 0 Å². The van der Waals surface area contributed by atoms with E-state index in [2.05, 4.69) is 14.5 Å². The minimum Gasteiger partial charge on any atom is -0.381 e. The summed E-state index contributed by atoms with van der Waals surface area (Å²) in [4.78, 5) is 11.5. The van der Waals surface area contributed by atoms with E-state index in [1.54, 1.807) is 0 Å². The smallest absolute Gasteiger partial charge is 0.381 e. The second-order valence-corrected chi connectivity index (χ2v) is 10.1. The minimum atomic E-state index is -4.41. The van der Waals surface area contributed by atoms with Crippen molar-refractivity contribution in [3.05, 3.63) is 35.5 Å². The zero-order valence-corrected chi connectivity index (χ0v) is 18.3. The lowest BCUT2D eigenvalue weighted by molar-refractivity contribution is -0.138. The average Bonchev–Trinajstić information content (AvgIpc) is 3.61. The molecule has 2 aliphatic heterocycles. The van der Waals surface area contributed by atoms with Gasteiger partial charge in [-0.05, 0) is 56.4 Å². The van der Waals surface area contributed by atoms with Crippen LogP contribution in [0.3, 0.4) is 0 Å². The number of fused-ring (bicyclic) bond motifs is 1. The lowest BCUT2D eigenvalue weighted by atomic mass is 10.1. The van der Waals surface area contributed by atoms with Crippen molar-refractivity contribution in [2.24, 2.45) is 17.8 Å². The van der Waals surface area contributed by atoms with Crippen molar-refractivity contribution in [2.75, 3.05) is 26.3 Å². The summed E-state index contributed by atoms with van der Waals surface area (Å²) in [6, 6.07) is 2.28. The molecule has 0 radical (unpaired) electrons. The summed E-state index contributed by atoms with van der Waals surface area (Å²) in [5, 5.41) is 0. The Kier molecular flexibility index (Phi) is 4.88. The highest BCUT2D eigenvalue weighted by atomic mass is 19.4. The Morgan fingerprint density at radius 3 is 2.47 bits per heavy atom. The maximum absolute atomic E-state index is 13.4. The Morgan fingerprint density at radius 1 is 1.09 bits per heavy atom. The highest BCUT2D eigenvalue weighted by molar-refractivity contribution is 5.59. The first-order valence-electron chi connectivity index (χ1n) is 11.8. The number of alkyl halides is 3. The highest BCUT2D eigenvalue weighted by Crippen LogP contribution is 2.57. The van der Waals surface area contributed by atoms with Crippen LogP contribution >= 0.6 is 0 Å².